The molecular weight excluding hydrogens is 296 g/mol. The fourth-order valence-electron chi connectivity index (χ4n) is 3.37. The van der Waals surface area contributed by atoms with Crippen LogP contribution in [0.3, 0.4) is 0 Å². The summed E-state index contributed by atoms with van der Waals surface area (Å²) in [4.78, 5) is 9.42. The van der Waals surface area contributed by atoms with Crippen molar-refractivity contribution in [1.82, 2.24) is 14.5 Å². The maximum absolute atomic E-state index is 4.84. The zero-order valence-corrected chi connectivity index (χ0v) is 13.1. The zero-order chi connectivity index (χ0) is 15.9. The summed E-state index contributed by atoms with van der Waals surface area (Å²) in [5.74, 6) is 0.926. The summed E-state index contributed by atoms with van der Waals surface area (Å²) in [5.41, 5.74) is 6.59. The summed E-state index contributed by atoms with van der Waals surface area (Å²) in [6, 6.07) is 20.8. The van der Waals surface area contributed by atoms with Crippen LogP contribution in [0.15, 0.2) is 66.9 Å². The molecule has 4 heteroatoms. The van der Waals surface area contributed by atoms with Gasteiger partial charge in [-0.1, -0.05) is 30.3 Å². The second-order valence-electron chi connectivity index (χ2n) is 6.00. The Hall–Kier alpha value is -3.14. The van der Waals surface area contributed by atoms with Crippen LogP contribution in [0.25, 0.3) is 28.2 Å². The van der Waals surface area contributed by atoms with E-state index < -0.39 is 0 Å². The molecule has 0 fully saturated rings. The van der Waals surface area contributed by atoms with Gasteiger partial charge in [-0.05, 0) is 42.3 Å². The lowest BCUT2D eigenvalue weighted by Gasteiger charge is -2.10. The Labute approximate surface area is 139 Å². The molecule has 4 aromatic rings. The minimum Gasteiger partial charge on any atom is -0.384 e. The first-order valence-corrected chi connectivity index (χ1v) is 8.16. The number of aromatic nitrogens is 3. The molecule has 1 aliphatic rings. The topological polar surface area (TPSA) is 42.7 Å². The summed E-state index contributed by atoms with van der Waals surface area (Å²) < 4.78 is 2.16. The molecule has 0 atom stereocenters. The van der Waals surface area contributed by atoms with Crippen LogP contribution >= 0.6 is 0 Å². The molecule has 1 aliphatic heterocycles. The fourth-order valence-corrected chi connectivity index (χ4v) is 3.37. The van der Waals surface area contributed by atoms with E-state index in [1.165, 1.54) is 11.3 Å². The summed E-state index contributed by atoms with van der Waals surface area (Å²) in [7, 11) is 0. The van der Waals surface area contributed by atoms with Crippen molar-refractivity contribution in [2.24, 2.45) is 0 Å². The summed E-state index contributed by atoms with van der Waals surface area (Å²) >= 11 is 0. The normalized spacial score (nSPS) is 13.0. The van der Waals surface area contributed by atoms with Gasteiger partial charge in [-0.2, -0.15) is 0 Å². The highest BCUT2D eigenvalue weighted by molar-refractivity contribution is 5.80. The van der Waals surface area contributed by atoms with Crippen LogP contribution < -0.4 is 5.32 Å². The molecule has 2 aromatic carbocycles. The molecule has 3 heterocycles. The van der Waals surface area contributed by atoms with Gasteiger partial charge in [-0.15, -0.1) is 0 Å². The van der Waals surface area contributed by atoms with Crippen LogP contribution in [0.1, 0.15) is 5.56 Å². The predicted molar refractivity (Wildman–Crippen MR) is 96.5 cm³/mol. The number of nitrogens with one attached hydrogen (secondary N) is 1. The van der Waals surface area contributed by atoms with E-state index >= 15 is 0 Å². The van der Waals surface area contributed by atoms with Crippen molar-refractivity contribution in [2.75, 3.05) is 11.9 Å². The molecule has 2 aromatic heterocycles. The number of hydrogen-bond acceptors (Lipinski definition) is 3. The second kappa shape index (κ2) is 5.20. The number of imidazole rings is 1. The molecular formula is C20H16N4. The Kier molecular flexibility index (Phi) is 2.88. The number of hydrogen-bond donors (Lipinski definition) is 1. The van der Waals surface area contributed by atoms with Gasteiger partial charge in [-0.25, -0.2) is 9.97 Å². The van der Waals surface area contributed by atoms with Gasteiger partial charge in [0.15, 0.2) is 5.65 Å². The molecule has 1 N–H and O–H groups in total. The van der Waals surface area contributed by atoms with Crippen molar-refractivity contribution < 1.29 is 0 Å². The van der Waals surface area contributed by atoms with Crippen molar-refractivity contribution in [3.63, 3.8) is 0 Å². The minimum atomic E-state index is 0.891. The number of rotatable bonds is 2. The van der Waals surface area contributed by atoms with Crippen molar-refractivity contribution in [2.45, 2.75) is 6.42 Å². The van der Waals surface area contributed by atoms with E-state index in [9.17, 15) is 0 Å². The average Bonchev–Trinajstić information content (AvgIpc) is 3.26. The smallest absolute Gasteiger partial charge is 0.164 e. The van der Waals surface area contributed by atoms with E-state index in [0.717, 1.165) is 41.2 Å². The van der Waals surface area contributed by atoms with Gasteiger partial charge in [0.2, 0.25) is 0 Å². The van der Waals surface area contributed by atoms with E-state index in [4.69, 9.17) is 4.98 Å². The standard InChI is InChI=1S/C20H16N4/c1-2-5-14(6-3-1)19-23-18-7-4-11-22-20(18)24(19)16-8-9-17-15(13-16)10-12-21-17/h1-9,11,13,21H,10,12H2. The van der Waals surface area contributed by atoms with Crippen LogP contribution in [0.4, 0.5) is 5.69 Å². The lowest BCUT2D eigenvalue weighted by Crippen LogP contribution is -1.99. The number of anilines is 1. The van der Waals surface area contributed by atoms with Gasteiger partial charge in [0.25, 0.3) is 0 Å². The zero-order valence-electron chi connectivity index (χ0n) is 13.1. The Morgan fingerprint density at radius 2 is 1.88 bits per heavy atom. The summed E-state index contributed by atoms with van der Waals surface area (Å²) in [5, 5.41) is 3.42. The van der Waals surface area contributed by atoms with Crippen LogP contribution in [0.2, 0.25) is 0 Å². The highest BCUT2D eigenvalue weighted by atomic mass is 15.1. The fraction of sp³-hybridized carbons (Fsp3) is 0.100. The van der Waals surface area contributed by atoms with Crippen LogP contribution in [-0.4, -0.2) is 21.1 Å². The van der Waals surface area contributed by atoms with Gasteiger partial charge in [0.05, 0.1) is 0 Å². The van der Waals surface area contributed by atoms with E-state index in [-0.39, 0.29) is 0 Å². The largest absolute Gasteiger partial charge is 0.384 e. The van der Waals surface area contributed by atoms with E-state index in [0.29, 0.717) is 0 Å². The molecule has 0 unspecified atom stereocenters. The quantitative estimate of drug-likeness (QED) is 0.607. The van der Waals surface area contributed by atoms with Crippen molar-refractivity contribution in [3.05, 3.63) is 72.4 Å². The van der Waals surface area contributed by atoms with Crippen molar-refractivity contribution in [3.8, 4) is 17.1 Å². The van der Waals surface area contributed by atoms with Crippen LogP contribution in [-0.2, 0) is 6.42 Å². The number of fused-ring (bicyclic) bond motifs is 2. The third-order valence-corrected chi connectivity index (χ3v) is 4.50. The Balaban J connectivity index is 1.80. The van der Waals surface area contributed by atoms with Gasteiger partial charge in [0.1, 0.15) is 11.3 Å². The van der Waals surface area contributed by atoms with Crippen LogP contribution in [0, 0.1) is 0 Å². The third-order valence-electron chi connectivity index (χ3n) is 4.50. The molecule has 0 saturated carbocycles. The van der Waals surface area contributed by atoms with Gasteiger partial charge >= 0.3 is 0 Å². The molecule has 0 amide bonds. The van der Waals surface area contributed by atoms with Crippen LogP contribution in [0.5, 0.6) is 0 Å². The first-order chi connectivity index (χ1) is 11.9. The lowest BCUT2D eigenvalue weighted by molar-refractivity contribution is 1.06. The minimum absolute atomic E-state index is 0.891. The van der Waals surface area contributed by atoms with Gasteiger partial charge in [-0.3, -0.25) is 4.57 Å². The van der Waals surface area contributed by atoms with Crippen molar-refractivity contribution in [1.29, 1.82) is 0 Å². The number of pyridine rings is 1. The number of nitrogens with zero attached hydrogens (tertiary/aromatic N) is 3. The Morgan fingerprint density at radius 3 is 2.79 bits per heavy atom. The average molecular weight is 312 g/mol. The Morgan fingerprint density at radius 1 is 0.958 bits per heavy atom. The first-order valence-electron chi connectivity index (χ1n) is 8.16. The predicted octanol–water partition coefficient (Wildman–Crippen LogP) is 4.06. The monoisotopic (exact) mass is 312 g/mol. The van der Waals surface area contributed by atoms with Gasteiger partial charge < -0.3 is 5.32 Å². The Bertz CT molecular complexity index is 1030. The van der Waals surface area contributed by atoms with E-state index in [1.54, 1.807) is 0 Å². The number of benzene rings is 2. The van der Waals surface area contributed by atoms with E-state index in [1.807, 2.05) is 36.5 Å². The lowest BCUT2D eigenvalue weighted by atomic mass is 10.1. The molecule has 0 saturated heterocycles. The van der Waals surface area contributed by atoms with Gasteiger partial charge in [0, 0.05) is 29.7 Å². The SMILES string of the molecule is c1ccc(-c2nc3cccnc3n2-c2ccc3c(c2)CCN3)cc1. The molecule has 116 valence electrons. The highest BCUT2D eigenvalue weighted by Gasteiger charge is 2.17. The van der Waals surface area contributed by atoms with Crippen molar-refractivity contribution >= 4 is 16.9 Å². The second-order valence-corrected chi connectivity index (χ2v) is 6.00. The molecule has 0 spiro atoms. The molecule has 0 radical (unpaired) electrons. The maximum Gasteiger partial charge on any atom is 0.164 e. The molecule has 0 aliphatic carbocycles. The highest BCUT2D eigenvalue weighted by Crippen LogP contribution is 2.30. The first kappa shape index (κ1) is 13.3. The molecule has 5 rings (SSSR count). The molecule has 0 bridgehead atoms. The molecule has 4 nitrogen and oxygen atoms in total. The maximum atomic E-state index is 4.84. The summed E-state index contributed by atoms with van der Waals surface area (Å²) in [6.45, 7) is 1.01. The molecule has 24 heavy (non-hydrogen) atoms. The van der Waals surface area contributed by atoms with E-state index in [2.05, 4.69) is 45.2 Å². The third kappa shape index (κ3) is 2.00. The summed E-state index contributed by atoms with van der Waals surface area (Å²) in [6.07, 6.45) is 2.88.